The Balaban J connectivity index is 1.73. The Hall–Kier alpha value is -1.36. The first-order valence-electron chi connectivity index (χ1n) is 7.69. The molecule has 0 aromatic carbocycles. The molecular weight excluding hydrogens is 250 g/mol. The summed E-state index contributed by atoms with van der Waals surface area (Å²) in [7, 11) is 0. The lowest BCUT2D eigenvalue weighted by molar-refractivity contribution is 0.326. The van der Waals surface area contributed by atoms with Crippen molar-refractivity contribution in [2.45, 2.75) is 58.0 Å². The highest BCUT2D eigenvalue weighted by atomic mass is 15.2. The van der Waals surface area contributed by atoms with E-state index >= 15 is 0 Å². The van der Waals surface area contributed by atoms with Crippen molar-refractivity contribution in [2.75, 3.05) is 24.1 Å². The lowest BCUT2D eigenvalue weighted by Gasteiger charge is -2.19. The molecule has 1 saturated carbocycles. The van der Waals surface area contributed by atoms with Crippen LogP contribution in [0.5, 0.6) is 0 Å². The van der Waals surface area contributed by atoms with Gasteiger partial charge in [0.2, 0.25) is 0 Å². The van der Waals surface area contributed by atoms with Crippen LogP contribution in [0.25, 0.3) is 0 Å². The molecule has 1 aromatic heterocycles. The van der Waals surface area contributed by atoms with E-state index in [1.165, 1.54) is 25.8 Å². The number of nitrogens with one attached hydrogen (secondary N) is 1. The van der Waals surface area contributed by atoms with Crippen molar-refractivity contribution < 1.29 is 0 Å². The number of aromatic nitrogens is 2. The Bertz CT molecular complexity index is 495. The maximum absolute atomic E-state index is 6.02. The van der Waals surface area contributed by atoms with Gasteiger partial charge in [-0.15, -0.1) is 0 Å². The van der Waals surface area contributed by atoms with Crippen LogP contribution in [0.1, 0.15) is 50.4 Å². The number of nitrogens with zero attached hydrogens (tertiary/aromatic N) is 3. The summed E-state index contributed by atoms with van der Waals surface area (Å²) in [5.41, 5.74) is 6.99. The Morgan fingerprint density at radius 2 is 2.00 bits per heavy atom. The molecule has 5 heteroatoms. The van der Waals surface area contributed by atoms with E-state index in [0.29, 0.717) is 17.8 Å². The molecule has 2 aliphatic rings. The van der Waals surface area contributed by atoms with Crippen LogP contribution in [-0.2, 0) is 0 Å². The third-order valence-electron chi connectivity index (χ3n) is 4.34. The standard InChI is InChI=1S/C15H25N5/c1-9(2)14-18-13(16)10(3)15(19-14)17-11-6-7-20(8-11)12-4-5-12/h9,11-12H,4-8H2,1-3H3,(H3,16,17,18,19). The van der Waals surface area contributed by atoms with E-state index < -0.39 is 0 Å². The third kappa shape index (κ3) is 2.73. The van der Waals surface area contributed by atoms with Crippen molar-refractivity contribution in [3.05, 3.63) is 11.4 Å². The van der Waals surface area contributed by atoms with Gasteiger partial charge in [-0.25, -0.2) is 9.97 Å². The molecule has 2 fully saturated rings. The molecule has 5 nitrogen and oxygen atoms in total. The fourth-order valence-corrected chi connectivity index (χ4v) is 2.82. The molecule has 1 aliphatic heterocycles. The van der Waals surface area contributed by atoms with E-state index in [1.54, 1.807) is 0 Å². The van der Waals surface area contributed by atoms with Crippen LogP contribution >= 0.6 is 0 Å². The van der Waals surface area contributed by atoms with Crippen LogP contribution in [0.2, 0.25) is 0 Å². The van der Waals surface area contributed by atoms with Crippen LogP contribution in [0.15, 0.2) is 0 Å². The molecule has 1 aliphatic carbocycles. The second-order valence-electron chi connectivity index (χ2n) is 6.45. The second kappa shape index (κ2) is 5.20. The quantitative estimate of drug-likeness (QED) is 0.881. The van der Waals surface area contributed by atoms with E-state index in [2.05, 4.69) is 34.0 Å². The predicted molar refractivity (Wildman–Crippen MR) is 81.9 cm³/mol. The summed E-state index contributed by atoms with van der Waals surface area (Å²) < 4.78 is 0. The van der Waals surface area contributed by atoms with Crippen LogP contribution in [0, 0.1) is 6.92 Å². The molecule has 0 bridgehead atoms. The molecule has 1 atom stereocenters. The first-order valence-corrected chi connectivity index (χ1v) is 7.69. The Morgan fingerprint density at radius 3 is 2.65 bits per heavy atom. The van der Waals surface area contributed by atoms with Gasteiger partial charge < -0.3 is 11.1 Å². The smallest absolute Gasteiger partial charge is 0.135 e. The minimum atomic E-state index is 0.296. The van der Waals surface area contributed by atoms with Gasteiger partial charge in [0.25, 0.3) is 0 Å². The number of anilines is 2. The minimum absolute atomic E-state index is 0.296. The molecule has 110 valence electrons. The normalized spacial score (nSPS) is 23.5. The van der Waals surface area contributed by atoms with Gasteiger partial charge in [-0.1, -0.05) is 13.8 Å². The van der Waals surface area contributed by atoms with Gasteiger partial charge in [0, 0.05) is 36.7 Å². The Labute approximate surface area is 121 Å². The summed E-state index contributed by atoms with van der Waals surface area (Å²) in [6.07, 6.45) is 3.95. The van der Waals surface area contributed by atoms with Gasteiger partial charge in [0.15, 0.2) is 0 Å². The number of likely N-dealkylation sites (tertiary alicyclic amines) is 1. The molecule has 0 radical (unpaired) electrons. The lowest BCUT2D eigenvalue weighted by Crippen LogP contribution is -2.28. The molecule has 0 spiro atoms. The van der Waals surface area contributed by atoms with E-state index in [1.807, 2.05) is 6.92 Å². The molecule has 20 heavy (non-hydrogen) atoms. The van der Waals surface area contributed by atoms with Crippen LogP contribution < -0.4 is 11.1 Å². The minimum Gasteiger partial charge on any atom is -0.383 e. The van der Waals surface area contributed by atoms with E-state index in [0.717, 1.165) is 29.8 Å². The Kier molecular flexibility index (Phi) is 3.54. The molecular formula is C15H25N5. The van der Waals surface area contributed by atoms with Gasteiger partial charge in [-0.05, 0) is 26.2 Å². The zero-order valence-corrected chi connectivity index (χ0v) is 12.7. The van der Waals surface area contributed by atoms with Crippen molar-refractivity contribution >= 4 is 11.6 Å². The van der Waals surface area contributed by atoms with Crippen LogP contribution in [-0.4, -0.2) is 40.0 Å². The highest BCUT2D eigenvalue weighted by molar-refractivity contribution is 5.55. The summed E-state index contributed by atoms with van der Waals surface area (Å²) in [6, 6.07) is 1.34. The first-order chi connectivity index (χ1) is 9.54. The topological polar surface area (TPSA) is 67.1 Å². The number of nitrogens with two attached hydrogens (primary N) is 1. The summed E-state index contributed by atoms with van der Waals surface area (Å²) in [5.74, 6) is 2.64. The lowest BCUT2D eigenvalue weighted by atomic mass is 10.2. The molecule has 1 saturated heterocycles. The fourth-order valence-electron chi connectivity index (χ4n) is 2.82. The zero-order valence-electron chi connectivity index (χ0n) is 12.7. The SMILES string of the molecule is Cc1c(N)nc(C(C)C)nc1NC1CCN(C2CC2)C1. The van der Waals surface area contributed by atoms with E-state index in [-0.39, 0.29) is 0 Å². The highest BCUT2D eigenvalue weighted by Crippen LogP contribution is 2.31. The van der Waals surface area contributed by atoms with Gasteiger partial charge in [-0.3, -0.25) is 4.90 Å². The number of hydrogen-bond donors (Lipinski definition) is 2. The summed E-state index contributed by atoms with van der Waals surface area (Å²) in [5, 5.41) is 3.59. The largest absolute Gasteiger partial charge is 0.383 e. The highest BCUT2D eigenvalue weighted by Gasteiger charge is 2.34. The average Bonchev–Trinajstić information content (AvgIpc) is 3.15. The number of rotatable bonds is 4. The van der Waals surface area contributed by atoms with Crippen molar-refractivity contribution in [3.63, 3.8) is 0 Å². The van der Waals surface area contributed by atoms with Gasteiger partial charge >= 0.3 is 0 Å². The van der Waals surface area contributed by atoms with Crippen LogP contribution in [0.4, 0.5) is 11.6 Å². The first kappa shape index (κ1) is 13.6. The molecule has 1 unspecified atom stereocenters. The number of nitrogen functional groups attached to an aromatic ring is 1. The van der Waals surface area contributed by atoms with E-state index in [4.69, 9.17) is 5.73 Å². The van der Waals surface area contributed by atoms with Crippen molar-refractivity contribution in [3.8, 4) is 0 Å². The maximum atomic E-state index is 6.02. The molecule has 2 heterocycles. The summed E-state index contributed by atoms with van der Waals surface area (Å²) in [4.78, 5) is 11.6. The summed E-state index contributed by atoms with van der Waals surface area (Å²) in [6.45, 7) is 8.52. The summed E-state index contributed by atoms with van der Waals surface area (Å²) >= 11 is 0. The fraction of sp³-hybridized carbons (Fsp3) is 0.733. The van der Waals surface area contributed by atoms with E-state index in [9.17, 15) is 0 Å². The van der Waals surface area contributed by atoms with Crippen molar-refractivity contribution in [2.24, 2.45) is 0 Å². The monoisotopic (exact) mass is 275 g/mol. The predicted octanol–water partition coefficient (Wildman–Crippen LogP) is 2.14. The third-order valence-corrected chi connectivity index (χ3v) is 4.34. The van der Waals surface area contributed by atoms with Gasteiger partial charge in [0.05, 0.1) is 0 Å². The van der Waals surface area contributed by atoms with Crippen molar-refractivity contribution in [1.82, 2.24) is 14.9 Å². The Morgan fingerprint density at radius 1 is 1.25 bits per heavy atom. The molecule has 0 amide bonds. The van der Waals surface area contributed by atoms with Crippen molar-refractivity contribution in [1.29, 1.82) is 0 Å². The average molecular weight is 275 g/mol. The molecule has 3 rings (SSSR count). The maximum Gasteiger partial charge on any atom is 0.135 e. The zero-order chi connectivity index (χ0) is 14.3. The second-order valence-corrected chi connectivity index (χ2v) is 6.45. The molecule has 1 aromatic rings. The molecule has 3 N–H and O–H groups in total. The number of hydrogen-bond acceptors (Lipinski definition) is 5. The van der Waals surface area contributed by atoms with Gasteiger partial charge in [-0.2, -0.15) is 0 Å². The van der Waals surface area contributed by atoms with Crippen LogP contribution in [0.3, 0.4) is 0 Å². The van der Waals surface area contributed by atoms with Gasteiger partial charge in [0.1, 0.15) is 17.5 Å².